The zero-order chi connectivity index (χ0) is 19.0. The fourth-order valence-electron chi connectivity index (χ4n) is 2.72. The Morgan fingerprint density at radius 1 is 1.15 bits per heavy atom. The zero-order valence-corrected chi connectivity index (χ0v) is 14.0. The molecule has 2 aromatic heterocycles. The number of nitrogens with one attached hydrogen (secondary N) is 3. The second kappa shape index (κ2) is 6.56. The number of H-pyrrole nitrogens is 2. The highest BCUT2D eigenvalue weighted by Gasteiger charge is 2.16. The molecule has 0 saturated heterocycles. The van der Waals surface area contributed by atoms with E-state index in [-0.39, 0.29) is 23.5 Å². The first kappa shape index (κ1) is 16.8. The van der Waals surface area contributed by atoms with E-state index in [0.717, 1.165) is 23.2 Å². The molecule has 1 amide bonds. The maximum Gasteiger partial charge on any atom is 0.255 e. The van der Waals surface area contributed by atoms with E-state index in [4.69, 9.17) is 0 Å². The molecular weight excluding hydrogens is 356 g/mol. The predicted molar refractivity (Wildman–Crippen MR) is 92.1 cm³/mol. The minimum absolute atomic E-state index is 0.0239. The number of hydrogen-bond donors (Lipinski definition) is 3. The molecule has 0 unspecified atom stereocenters. The molecule has 4 rings (SSSR count). The molecule has 3 N–H and O–H groups in total. The molecule has 0 bridgehead atoms. The van der Waals surface area contributed by atoms with Gasteiger partial charge in [0.25, 0.3) is 5.91 Å². The average Bonchev–Trinajstić information content (AvgIpc) is 3.29. The number of tetrazole rings is 1. The van der Waals surface area contributed by atoms with Crippen molar-refractivity contribution in [2.24, 2.45) is 0 Å². The summed E-state index contributed by atoms with van der Waals surface area (Å²) >= 11 is 0. The molecule has 0 atom stereocenters. The minimum Gasteiger partial charge on any atom is -0.319 e. The zero-order valence-electron chi connectivity index (χ0n) is 14.0. The van der Waals surface area contributed by atoms with Crippen molar-refractivity contribution in [1.82, 2.24) is 30.8 Å². The molecule has 27 heavy (non-hydrogen) atoms. The molecule has 0 aliphatic carbocycles. The number of nitrogens with zero attached hydrogens (tertiary/aromatic N) is 4. The minimum atomic E-state index is -0.760. The molecule has 0 spiro atoms. The molecule has 0 saturated carbocycles. The van der Waals surface area contributed by atoms with Gasteiger partial charge in [0, 0.05) is 29.1 Å². The van der Waals surface area contributed by atoms with E-state index in [9.17, 15) is 13.6 Å². The van der Waals surface area contributed by atoms with Gasteiger partial charge in [-0.2, -0.15) is 10.3 Å². The molecule has 136 valence electrons. The lowest BCUT2D eigenvalue weighted by Crippen LogP contribution is -2.13. The van der Waals surface area contributed by atoms with Gasteiger partial charge in [-0.1, -0.05) is 5.21 Å². The Morgan fingerprint density at radius 2 is 2.00 bits per heavy atom. The standard InChI is InChI=1S/C17H13F2N7O/c1-8-11-4-9(2-3-14(11)22-21-8)17(27)20-15-7-12(18)10(5-13(15)19)6-16-23-25-26-24-16/h2-5,7H,6H2,1H3,(H,20,27)(H,21,22)(H,23,24,25,26). The van der Waals surface area contributed by atoms with E-state index < -0.39 is 17.5 Å². The number of aromatic nitrogens is 6. The number of fused-ring (bicyclic) bond motifs is 1. The summed E-state index contributed by atoms with van der Waals surface area (Å²) in [6, 6.07) is 6.83. The molecule has 0 fully saturated rings. The van der Waals surface area contributed by atoms with Crippen LogP contribution in [0, 0.1) is 18.6 Å². The Bertz CT molecular complexity index is 1140. The largest absolute Gasteiger partial charge is 0.319 e. The van der Waals surface area contributed by atoms with Crippen LogP contribution >= 0.6 is 0 Å². The smallest absolute Gasteiger partial charge is 0.255 e. The highest BCUT2D eigenvalue weighted by molar-refractivity contribution is 6.06. The fourth-order valence-corrected chi connectivity index (χ4v) is 2.72. The third-order valence-electron chi connectivity index (χ3n) is 4.13. The monoisotopic (exact) mass is 369 g/mol. The summed E-state index contributed by atoms with van der Waals surface area (Å²) in [6.07, 6.45) is -0.0239. The van der Waals surface area contributed by atoms with Crippen molar-refractivity contribution < 1.29 is 13.6 Å². The number of anilines is 1. The molecule has 4 aromatic rings. The number of carbonyl (C=O) groups excluding carboxylic acids is 1. The van der Waals surface area contributed by atoms with Gasteiger partial charge in [0.15, 0.2) is 5.82 Å². The van der Waals surface area contributed by atoms with Gasteiger partial charge in [-0.25, -0.2) is 8.78 Å². The molecular formula is C17H13F2N7O. The summed E-state index contributed by atoms with van der Waals surface area (Å²) in [5, 5.41) is 23.1. The van der Waals surface area contributed by atoms with Crippen LogP contribution in [0.25, 0.3) is 10.9 Å². The lowest BCUT2D eigenvalue weighted by molar-refractivity contribution is 0.102. The Morgan fingerprint density at radius 3 is 2.78 bits per heavy atom. The molecule has 10 heteroatoms. The Labute approximate surface area is 151 Å². The molecule has 0 aliphatic rings. The van der Waals surface area contributed by atoms with Crippen LogP contribution in [-0.2, 0) is 6.42 Å². The van der Waals surface area contributed by atoms with E-state index in [1.54, 1.807) is 18.2 Å². The molecule has 8 nitrogen and oxygen atoms in total. The SMILES string of the molecule is Cc1[nH]nc2ccc(C(=O)Nc3cc(F)c(Cc4nn[nH]n4)cc3F)cc12. The number of benzene rings is 2. The lowest BCUT2D eigenvalue weighted by Gasteiger charge is -2.09. The van der Waals surface area contributed by atoms with Gasteiger partial charge in [-0.15, -0.1) is 10.2 Å². The van der Waals surface area contributed by atoms with E-state index in [1.165, 1.54) is 0 Å². The first-order valence-corrected chi connectivity index (χ1v) is 7.97. The van der Waals surface area contributed by atoms with Gasteiger partial charge in [0.05, 0.1) is 11.2 Å². The van der Waals surface area contributed by atoms with Gasteiger partial charge < -0.3 is 5.32 Å². The Kier molecular flexibility index (Phi) is 4.07. The van der Waals surface area contributed by atoms with E-state index in [1.807, 2.05) is 6.92 Å². The number of carbonyl (C=O) groups is 1. The van der Waals surface area contributed by atoms with Crippen LogP contribution in [0.1, 0.15) is 27.4 Å². The van der Waals surface area contributed by atoms with Crippen LogP contribution < -0.4 is 5.32 Å². The Hall–Kier alpha value is -3.69. The quantitative estimate of drug-likeness (QED) is 0.512. The van der Waals surface area contributed by atoms with Crippen molar-refractivity contribution in [1.29, 1.82) is 0 Å². The number of halogens is 2. The number of aryl methyl sites for hydroxylation is 1. The van der Waals surface area contributed by atoms with Crippen LogP contribution in [0.3, 0.4) is 0 Å². The number of hydrogen-bond acceptors (Lipinski definition) is 5. The van der Waals surface area contributed by atoms with Gasteiger partial charge in [0.2, 0.25) is 0 Å². The number of aromatic amines is 2. The van der Waals surface area contributed by atoms with Crippen molar-refractivity contribution in [3.05, 3.63) is 64.6 Å². The second-order valence-electron chi connectivity index (χ2n) is 5.96. The first-order chi connectivity index (χ1) is 13.0. The summed E-state index contributed by atoms with van der Waals surface area (Å²) in [5.74, 6) is -1.77. The summed E-state index contributed by atoms with van der Waals surface area (Å²) < 4.78 is 28.6. The fraction of sp³-hybridized carbons (Fsp3) is 0.118. The van der Waals surface area contributed by atoms with Crippen LogP contribution in [0.5, 0.6) is 0 Å². The molecule has 0 aliphatic heterocycles. The average molecular weight is 369 g/mol. The van der Waals surface area contributed by atoms with Crippen molar-refractivity contribution in [2.45, 2.75) is 13.3 Å². The Balaban J connectivity index is 1.58. The van der Waals surface area contributed by atoms with E-state index >= 15 is 0 Å². The third-order valence-corrected chi connectivity index (χ3v) is 4.13. The van der Waals surface area contributed by atoms with Crippen LogP contribution in [-0.4, -0.2) is 36.7 Å². The summed E-state index contributed by atoms with van der Waals surface area (Å²) in [5.41, 5.74) is 1.64. The van der Waals surface area contributed by atoms with Gasteiger partial charge in [0.1, 0.15) is 11.6 Å². The van der Waals surface area contributed by atoms with Crippen molar-refractivity contribution in [3.63, 3.8) is 0 Å². The summed E-state index contributed by atoms with van der Waals surface area (Å²) in [4.78, 5) is 12.4. The maximum atomic E-state index is 14.3. The van der Waals surface area contributed by atoms with Crippen molar-refractivity contribution in [2.75, 3.05) is 5.32 Å². The second-order valence-corrected chi connectivity index (χ2v) is 5.96. The van der Waals surface area contributed by atoms with Gasteiger partial charge >= 0.3 is 0 Å². The topological polar surface area (TPSA) is 112 Å². The van der Waals surface area contributed by atoms with Gasteiger partial charge in [-0.05, 0) is 36.8 Å². The summed E-state index contributed by atoms with van der Waals surface area (Å²) in [7, 11) is 0. The van der Waals surface area contributed by atoms with Gasteiger partial charge in [-0.3, -0.25) is 9.89 Å². The van der Waals surface area contributed by atoms with Crippen molar-refractivity contribution in [3.8, 4) is 0 Å². The van der Waals surface area contributed by atoms with E-state index in [2.05, 4.69) is 36.1 Å². The highest BCUT2D eigenvalue weighted by Crippen LogP contribution is 2.23. The predicted octanol–water partition coefficient (Wildman–Crippen LogP) is 2.51. The lowest BCUT2D eigenvalue weighted by atomic mass is 10.1. The maximum absolute atomic E-state index is 14.3. The molecule has 2 heterocycles. The van der Waals surface area contributed by atoms with Crippen LogP contribution in [0.15, 0.2) is 30.3 Å². The van der Waals surface area contributed by atoms with Crippen molar-refractivity contribution >= 4 is 22.5 Å². The third kappa shape index (κ3) is 3.24. The normalized spacial score (nSPS) is 11.1. The van der Waals surface area contributed by atoms with Crippen LogP contribution in [0.2, 0.25) is 0 Å². The number of rotatable bonds is 4. The first-order valence-electron chi connectivity index (χ1n) is 7.97. The molecule has 2 aromatic carbocycles. The molecule has 0 radical (unpaired) electrons. The summed E-state index contributed by atoms with van der Waals surface area (Å²) in [6.45, 7) is 1.83. The van der Waals surface area contributed by atoms with E-state index in [0.29, 0.717) is 11.1 Å². The number of amides is 1. The van der Waals surface area contributed by atoms with Crippen LogP contribution in [0.4, 0.5) is 14.5 Å². The highest BCUT2D eigenvalue weighted by atomic mass is 19.1.